The molecule has 0 aliphatic carbocycles. The molecule has 0 aliphatic rings. The Bertz CT molecular complexity index is 507. The maximum absolute atomic E-state index is 10.9. The molecule has 0 bridgehead atoms. The average Bonchev–Trinajstić information content (AvgIpc) is 2.64. The Labute approximate surface area is 91.5 Å². The summed E-state index contributed by atoms with van der Waals surface area (Å²) in [5.41, 5.74) is 1.24. The lowest BCUT2D eigenvalue weighted by molar-refractivity contribution is 0.112. The normalized spacial score (nSPS) is 10.3. The largest absolute Gasteiger partial charge is 0.317 e. The fourth-order valence-corrected chi connectivity index (χ4v) is 1.54. The topological polar surface area (TPSA) is 47.8 Å². The number of nitrogens with zero attached hydrogens (tertiary/aromatic N) is 3. The number of hydrogen-bond donors (Lipinski definition) is 0. The van der Waals surface area contributed by atoms with Gasteiger partial charge in [-0.15, -0.1) is 10.2 Å². The molecular weight excluding hydrogens is 214 g/mol. The molecule has 0 N–H and O–H groups in total. The van der Waals surface area contributed by atoms with Gasteiger partial charge in [0.15, 0.2) is 12.1 Å². The number of aromatic nitrogens is 3. The molecule has 0 fully saturated rings. The molecule has 2 rings (SSSR count). The van der Waals surface area contributed by atoms with Crippen molar-refractivity contribution in [3.05, 3.63) is 35.1 Å². The molecule has 0 spiro atoms. The van der Waals surface area contributed by atoms with Crippen LogP contribution < -0.4 is 0 Å². The van der Waals surface area contributed by atoms with Gasteiger partial charge in [0.25, 0.3) is 0 Å². The van der Waals surface area contributed by atoms with Crippen LogP contribution in [-0.4, -0.2) is 21.1 Å². The number of carbonyl (C=O) groups excluding carboxylic acids is 1. The summed E-state index contributed by atoms with van der Waals surface area (Å²) in [5, 5.41) is 8.23. The third-order valence-corrected chi connectivity index (χ3v) is 2.33. The molecule has 0 unspecified atom stereocenters. The van der Waals surface area contributed by atoms with E-state index < -0.39 is 0 Å². The monoisotopic (exact) mass is 221 g/mol. The molecule has 0 amide bonds. The molecular formula is C10H8ClN3O. The van der Waals surface area contributed by atoms with Gasteiger partial charge in [-0.3, -0.25) is 4.79 Å². The molecule has 1 aromatic heterocycles. The van der Waals surface area contributed by atoms with E-state index in [1.807, 2.05) is 7.05 Å². The highest BCUT2D eigenvalue weighted by Crippen LogP contribution is 2.23. The zero-order chi connectivity index (χ0) is 10.8. The minimum atomic E-state index is 0.513. The molecule has 1 heterocycles. The van der Waals surface area contributed by atoms with E-state index in [4.69, 9.17) is 11.6 Å². The molecule has 5 heteroatoms. The van der Waals surface area contributed by atoms with Crippen LogP contribution in [0.5, 0.6) is 0 Å². The molecule has 0 saturated carbocycles. The summed E-state index contributed by atoms with van der Waals surface area (Å²) in [6.45, 7) is 0. The predicted octanol–water partition coefficient (Wildman–Crippen LogP) is 1.95. The van der Waals surface area contributed by atoms with Crippen molar-refractivity contribution in [1.29, 1.82) is 0 Å². The third-order valence-electron chi connectivity index (χ3n) is 2.09. The molecule has 0 saturated heterocycles. The second-order valence-corrected chi connectivity index (χ2v) is 3.55. The number of hydrogen-bond acceptors (Lipinski definition) is 3. The molecule has 76 valence electrons. The molecule has 0 aliphatic heterocycles. The van der Waals surface area contributed by atoms with Crippen molar-refractivity contribution in [3.63, 3.8) is 0 Å². The number of benzene rings is 1. The van der Waals surface area contributed by atoms with Crippen LogP contribution in [0.3, 0.4) is 0 Å². The van der Waals surface area contributed by atoms with Crippen molar-refractivity contribution in [2.75, 3.05) is 0 Å². The van der Waals surface area contributed by atoms with E-state index in [-0.39, 0.29) is 0 Å². The molecule has 0 radical (unpaired) electrons. The summed E-state index contributed by atoms with van der Waals surface area (Å²) in [4.78, 5) is 10.9. The maximum Gasteiger partial charge on any atom is 0.164 e. The highest BCUT2D eigenvalue weighted by Gasteiger charge is 2.09. The fourth-order valence-electron chi connectivity index (χ4n) is 1.36. The summed E-state index contributed by atoms with van der Waals surface area (Å²) < 4.78 is 1.75. The first-order valence-electron chi connectivity index (χ1n) is 4.31. The van der Waals surface area contributed by atoms with E-state index in [1.165, 1.54) is 0 Å². The van der Waals surface area contributed by atoms with Gasteiger partial charge >= 0.3 is 0 Å². The number of aldehydes is 1. The Morgan fingerprint density at radius 1 is 1.47 bits per heavy atom. The first-order chi connectivity index (χ1) is 7.22. The minimum absolute atomic E-state index is 0.513. The zero-order valence-electron chi connectivity index (χ0n) is 8.01. The number of rotatable bonds is 2. The Morgan fingerprint density at radius 3 is 2.87 bits per heavy atom. The van der Waals surface area contributed by atoms with Gasteiger partial charge in [0.05, 0.1) is 0 Å². The smallest absolute Gasteiger partial charge is 0.164 e. The lowest BCUT2D eigenvalue weighted by atomic mass is 10.1. The standard InChI is InChI=1S/C10H8ClN3O/c1-14-6-12-13-10(14)9-3-2-8(11)4-7(9)5-15/h2-6H,1H3. The van der Waals surface area contributed by atoms with Crippen LogP contribution in [0.15, 0.2) is 24.5 Å². The molecule has 1 aromatic carbocycles. The van der Waals surface area contributed by atoms with Gasteiger partial charge in [0.1, 0.15) is 6.33 Å². The van der Waals surface area contributed by atoms with Crippen molar-refractivity contribution in [2.45, 2.75) is 0 Å². The quantitative estimate of drug-likeness (QED) is 0.729. The number of carbonyl (C=O) groups is 1. The first kappa shape index (κ1) is 9.86. The average molecular weight is 222 g/mol. The Hall–Kier alpha value is -1.68. The fraction of sp³-hybridized carbons (Fsp3) is 0.100. The van der Waals surface area contributed by atoms with Crippen LogP contribution >= 0.6 is 11.6 Å². The second-order valence-electron chi connectivity index (χ2n) is 3.11. The second kappa shape index (κ2) is 3.82. The van der Waals surface area contributed by atoms with Crippen molar-refractivity contribution < 1.29 is 4.79 Å². The van der Waals surface area contributed by atoms with Crippen molar-refractivity contribution in [1.82, 2.24) is 14.8 Å². The van der Waals surface area contributed by atoms with Gasteiger partial charge in [-0.25, -0.2) is 0 Å². The summed E-state index contributed by atoms with van der Waals surface area (Å²) >= 11 is 5.80. The van der Waals surface area contributed by atoms with E-state index in [0.29, 0.717) is 16.4 Å². The molecule has 15 heavy (non-hydrogen) atoms. The maximum atomic E-state index is 10.9. The summed E-state index contributed by atoms with van der Waals surface area (Å²) in [5.74, 6) is 0.647. The highest BCUT2D eigenvalue weighted by molar-refractivity contribution is 6.31. The number of halogens is 1. The predicted molar refractivity (Wildman–Crippen MR) is 56.8 cm³/mol. The van der Waals surface area contributed by atoms with Crippen LogP contribution in [0.25, 0.3) is 11.4 Å². The van der Waals surface area contributed by atoms with Gasteiger partial charge < -0.3 is 4.57 Å². The van der Waals surface area contributed by atoms with E-state index in [1.54, 1.807) is 29.1 Å². The first-order valence-corrected chi connectivity index (χ1v) is 4.69. The highest BCUT2D eigenvalue weighted by atomic mass is 35.5. The van der Waals surface area contributed by atoms with Crippen LogP contribution in [0.1, 0.15) is 10.4 Å². The lowest BCUT2D eigenvalue weighted by Crippen LogP contribution is -1.95. The summed E-state index contributed by atoms with van der Waals surface area (Å²) in [6.07, 6.45) is 2.34. The van der Waals surface area contributed by atoms with Crippen molar-refractivity contribution in [3.8, 4) is 11.4 Å². The van der Waals surface area contributed by atoms with E-state index in [0.717, 1.165) is 11.8 Å². The van der Waals surface area contributed by atoms with Gasteiger partial charge in [0, 0.05) is 23.2 Å². The van der Waals surface area contributed by atoms with Gasteiger partial charge in [-0.05, 0) is 18.2 Å². The SMILES string of the molecule is Cn1cnnc1-c1ccc(Cl)cc1C=O. The Morgan fingerprint density at radius 2 is 2.27 bits per heavy atom. The van der Waals surface area contributed by atoms with Crippen molar-refractivity contribution in [2.24, 2.45) is 7.05 Å². The number of aryl methyl sites for hydroxylation is 1. The zero-order valence-corrected chi connectivity index (χ0v) is 8.77. The van der Waals surface area contributed by atoms with E-state index >= 15 is 0 Å². The minimum Gasteiger partial charge on any atom is -0.317 e. The van der Waals surface area contributed by atoms with Crippen LogP contribution in [0, 0.1) is 0 Å². The van der Waals surface area contributed by atoms with E-state index in [2.05, 4.69) is 10.2 Å². The Balaban J connectivity index is 2.63. The van der Waals surface area contributed by atoms with Gasteiger partial charge in [-0.1, -0.05) is 11.6 Å². The van der Waals surface area contributed by atoms with Crippen molar-refractivity contribution >= 4 is 17.9 Å². The van der Waals surface area contributed by atoms with Crippen LogP contribution in [-0.2, 0) is 7.05 Å². The third kappa shape index (κ3) is 1.76. The molecule has 4 nitrogen and oxygen atoms in total. The summed E-state index contributed by atoms with van der Waals surface area (Å²) in [6, 6.07) is 5.09. The van der Waals surface area contributed by atoms with E-state index in [9.17, 15) is 4.79 Å². The van der Waals surface area contributed by atoms with Crippen LogP contribution in [0.2, 0.25) is 5.02 Å². The van der Waals surface area contributed by atoms with Crippen LogP contribution in [0.4, 0.5) is 0 Å². The lowest BCUT2D eigenvalue weighted by Gasteiger charge is -2.03. The van der Waals surface area contributed by atoms with Gasteiger partial charge in [-0.2, -0.15) is 0 Å². The molecule has 0 atom stereocenters. The molecule has 2 aromatic rings. The summed E-state index contributed by atoms with van der Waals surface area (Å²) in [7, 11) is 1.82. The Kier molecular flexibility index (Phi) is 2.51. The van der Waals surface area contributed by atoms with Gasteiger partial charge in [0.2, 0.25) is 0 Å².